The van der Waals surface area contributed by atoms with Gasteiger partial charge in [0.2, 0.25) is 0 Å². The molecule has 0 unspecified atom stereocenters. The summed E-state index contributed by atoms with van der Waals surface area (Å²) in [6.45, 7) is 5.16. The van der Waals surface area contributed by atoms with Crippen LogP contribution in [0.25, 0.3) is 0 Å². The van der Waals surface area contributed by atoms with Gasteiger partial charge in [-0.05, 0) is 44.9 Å². The van der Waals surface area contributed by atoms with Gasteiger partial charge >= 0.3 is 0 Å². The molecule has 3 atom stereocenters. The highest BCUT2D eigenvalue weighted by Gasteiger charge is 2.47. The summed E-state index contributed by atoms with van der Waals surface area (Å²) in [5, 5.41) is 0. The zero-order valence-electron chi connectivity index (χ0n) is 14.6. The van der Waals surface area contributed by atoms with Crippen LogP contribution in [0.3, 0.4) is 0 Å². The van der Waals surface area contributed by atoms with E-state index in [0.29, 0.717) is 12.3 Å². The topological polar surface area (TPSA) is 67.5 Å². The maximum absolute atomic E-state index is 13.1. The molecule has 0 saturated carbocycles. The van der Waals surface area contributed by atoms with Crippen molar-refractivity contribution in [2.45, 2.75) is 44.9 Å². The van der Waals surface area contributed by atoms with Gasteiger partial charge in [0, 0.05) is 24.2 Å². The highest BCUT2D eigenvalue weighted by Crippen LogP contribution is 2.33. The van der Waals surface area contributed by atoms with Gasteiger partial charge in [-0.25, -0.2) is 0 Å². The van der Waals surface area contributed by atoms with Crippen molar-refractivity contribution in [2.24, 2.45) is 0 Å². The number of likely N-dealkylation sites (tertiary alicyclic amines) is 1. The van der Waals surface area contributed by atoms with Crippen LogP contribution in [0.2, 0.25) is 0 Å². The second-order valence-electron chi connectivity index (χ2n) is 6.84. The van der Waals surface area contributed by atoms with Crippen LogP contribution in [0.4, 0.5) is 0 Å². The minimum atomic E-state index is -0.168. The molecule has 2 aliphatic rings. The van der Waals surface area contributed by atoms with Gasteiger partial charge in [-0.1, -0.05) is 0 Å². The Hall–Kier alpha value is -2.34. The lowest BCUT2D eigenvalue weighted by Gasteiger charge is -2.32. The van der Waals surface area contributed by atoms with Crippen molar-refractivity contribution in [3.8, 4) is 5.75 Å². The molecular formula is C19H23N3O3. The standard InChI is InChI=1S/C19H23N3O3/c1-12-9-15(13(2)21-12)19(23)22-11-17(18-16(22)6-4-8-24-18)25-14-5-3-7-20-10-14/h3,5,7,9-10,16-18,21H,4,6,8,11H2,1-2H3/t16-,17+,18+/m0/s1. The normalized spacial score (nSPS) is 25.7. The van der Waals surface area contributed by atoms with E-state index >= 15 is 0 Å². The predicted octanol–water partition coefficient (Wildman–Crippen LogP) is 2.48. The van der Waals surface area contributed by atoms with Crippen molar-refractivity contribution >= 4 is 5.91 Å². The van der Waals surface area contributed by atoms with Gasteiger partial charge in [-0.3, -0.25) is 9.78 Å². The maximum Gasteiger partial charge on any atom is 0.256 e. The number of nitrogens with one attached hydrogen (secondary N) is 1. The second-order valence-corrected chi connectivity index (χ2v) is 6.84. The van der Waals surface area contributed by atoms with E-state index in [9.17, 15) is 4.79 Å². The molecule has 6 heteroatoms. The molecule has 6 nitrogen and oxygen atoms in total. The summed E-state index contributed by atoms with van der Waals surface area (Å²) in [6.07, 6.45) is 5.08. The van der Waals surface area contributed by atoms with Gasteiger partial charge < -0.3 is 19.4 Å². The molecule has 1 N–H and O–H groups in total. The number of aromatic nitrogens is 2. The monoisotopic (exact) mass is 341 g/mol. The Morgan fingerprint density at radius 1 is 1.44 bits per heavy atom. The number of fused-ring (bicyclic) bond motifs is 1. The lowest BCUT2D eigenvalue weighted by Crippen LogP contribution is -2.44. The molecule has 0 aliphatic carbocycles. The first-order valence-corrected chi connectivity index (χ1v) is 8.79. The van der Waals surface area contributed by atoms with Gasteiger partial charge in [0.25, 0.3) is 5.91 Å². The Labute approximate surface area is 147 Å². The van der Waals surface area contributed by atoms with Crippen LogP contribution in [-0.4, -0.2) is 52.2 Å². The summed E-state index contributed by atoms with van der Waals surface area (Å²) in [7, 11) is 0. The molecule has 0 aromatic carbocycles. The van der Waals surface area contributed by atoms with E-state index < -0.39 is 0 Å². The molecule has 0 bridgehead atoms. The molecule has 2 fully saturated rings. The Bertz CT molecular complexity index is 759. The van der Waals surface area contributed by atoms with Crippen LogP contribution in [0.1, 0.15) is 34.6 Å². The first-order valence-electron chi connectivity index (χ1n) is 8.79. The fourth-order valence-corrected chi connectivity index (χ4v) is 3.94. The number of H-pyrrole nitrogens is 1. The SMILES string of the molecule is Cc1cc(C(=O)N2C[C@@H](Oc3cccnc3)[C@@H]3OCCC[C@@H]32)c(C)[nH]1. The number of carbonyl (C=O) groups excluding carboxylic acids is 1. The molecule has 132 valence electrons. The second kappa shape index (κ2) is 6.52. The first-order chi connectivity index (χ1) is 12.1. The molecule has 0 radical (unpaired) electrons. The van der Waals surface area contributed by atoms with Crippen molar-refractivity contribution in [1.82, 2.24) is 14.9 Å². The van der Waals surface area contributed by atoms with Crippen molar-refractivity contribution < 1.29 is 14.3 Å². The smallest absolute Gasteiger partial charge is 0.256 e. The molecular weight excluding hydrogens is 318 g/mol. The Balaban J connectivity index is 1.58. The Morgan fingerprint density at radius 3 is 3.04 bits per heavy atom. The Morgan fingerprint density at radius 2 is 2.32 bits per heavy atom. The number of pyridine rings is 1. The molecule has 4 heterocycles. The van der Waals surface area contributed by atoms with Crippen LogP contribution < -0.4 is 4.74 Å². The van der Waals surface area contributed by atoms with Crippen molar-refractivity contribution in [1.29, 1.82) is 0 Å². The van der Waals surface area contributed by atoms with Crippen molar-refractivity contribution in [3.05, 3.63) is 47.5 Å². The molecule has 2 aromatic heterocycles. The zero-order chi connectivity index (χ0) is 17.4. The summed E-state index contributed by atoms with van der Waals surface area (Å²) in [6, 6.07) is 5.72. The van der Waals surface area contributed by atoms with Crippen LogP contribution in [0.5, 0.6) is 5.75 Å². The molecule has 25 heavy (non-hydrogen) atoms. The molecule has 1 amide bonds. The van der Waals surface area contributed by atoms with E-state index in [1.807, 2.05) is 36.9 Å². The number of hydrogen-bond donors (Lipinski definition) is 1. The predicted molar refractivity (Wildman–Crippen MR) is 92.7 cm³/mol. The minimum Gasteiger partial charge on any atom is -0.484 e. The summed E-state index contributed by atoms with van der Waals surface area (Å²) >= 11 is 0. The average molecular weight is 341 g/mol. The average Bonchev–Trinajstić information content (AvgIpc) is 3.15. The summed E-state index contributed by atoms with van der Waals surface area (Å²) in [5.74, 6) is 0.767. The lowest BCUT2D eigenvalue weighted by atomic mass is 10.0. The van der Waals surface area contributed by atoms with E-state index in [-0.39, 0.29) is 24.2 Å². The quantitative estimate of drug-likeness (QED) is 0.931. The van der Waals surface area contributed by atoms with Gasteiger partial charge in [0.05, 0.1) is 24.3 Å². The van der Waals surface area contributed by atoms with Crippen LogP contribution in [-0.2, 0) is 4.74 Å². The number of aryl methyl sites for hydroxylation is 2. The largest absolute Gasteiger partial charge is 0.484 e. The molecule has 2 aliphatic heterocycles. The molecule has 2 aromatic rings. The lowest BCUT2D eigenvalue weighted by molar-refractivity contribution is -0.0447. The third-order valence-corrected chi connectivity index (χ3v) is 5.04. The number of nitrogens with zero attached hydrogens (tertiary/aromatic N) is 2. The first kappa shape index (κ1) is 16.1. The Kier molecular flexibility index (Phi) is 4.21. The van der Waals surface area contributed by atoms with Crippen LogP contribution in [0.15, 0.2) is 30.6 Å². The van der Waals surface area contributed by atoms with E-state index in [1.54, 1.807) is 12.4 Å². The third kappa shape index (κ3) is 3.02. The number of ether oxygens (including phenoxy) is 2. The fraction of sp³-hybridized carbons (Fsp3) is 0.474. The van der Waals surface area contributed by atoms with Gasteiger partial charge in [-0.2, -0.15) is 0 Å². The maximum atomic E-state index is 13.1. The van der Waals surface area contributed by atoms with E-state index in [0.717, 1.165) is 36.4 Å². The van der Waals surface area contributed by atoms with Crippen LogP contribution >= 0.6 is 0 Å². The summed E-state index contributed by atoms with van der Waals surface area (Å²) in [4.78, 5) is 22.4. The summed E-state index contributed by atoms with van der Waals surface area (Å²) < 4.78 is 12.1. The van der Waals surface area contributed by atoms with Gasteiger partial charge in [0.15, 0.2) is 0 Å². The number of aromatic amines is 1. The van der Waals surface area contributed by atoms with Gasteiger partial charge in [0.1, 0.15) is 18.0 Å². The zero-order valence-corrected chi connectivity index (χ0v) is 14.6. The van der Waals surface area contributed by atoms with E-state index in [4.69, 9.17) is 9.47 Å². The highest BCUT2D eigenvalue weighted by molar-refractivity contribution is 5.96. The molecule has 0 spiro atoms. The third-order valence-electron chi connectivity index (χ3n) is 5.04. The van der Waals surface area contributed by atoms with E-state index in [2.05, 4.69) is 9.97 Å². The number of hydrogen-bond acceptors (Lipinski definition) is 4. The molecule has 2 saturated heterocycles. The van der Waals surface area contributed by atoms with Crippen molar-refractivity contribution in [3.63, 3.8) is 0 Å². The van der Waals surface area contributed by atoms with Crippen LogP contribution in [0, 0.1) is 13.8 Å². The number of carbonyl (C=O) groups is 1. The minimum absolute atomic E-state index is 0.0552. The number of rotatable bonds is 3. The summed E-state index contributed by atoms with van der Waals surface area (Å²) in [5.41, 5.74) is 2.65. The van der Waals surface area contributed by atoms with Gasteiger partial charge in [-0.15, -0.1) is 0 Å². The molecule has 4 rings (SSSR count). The fourth-order valence-electron chi connectivity index (χ4n) is 3.94. The van der Waals surface area contributed by atoms with Crippen molar-refractivity contribution in [2.75, 3.05) is 13.2 Å². The van der Waals surface area contributed by atoms with E-state index in [1.165, 1.54) is 0 Å². The highest BCUT2D eigenvalue weighted by atomic mass is 16.5. The number of amides is 1.